The van der Waals surface area contributed by atoms with Crippen molar-refractivity contribution < 1.29 is 0 Å². The molecule has 0 radical (unpaired) electrons. The van der Waals surface area contributed by atoms with Crippen molar-refractivity contribution in [2.45, 2.75) is 32.1 Å². The molecule has 1 aliphatic rings. The van der Waals surface area contributed by atoms with Gasteiger partial charge < -0.3 is 5.32 Å². The van der Waals surface area contributed by atoms with E-state index in [0.29, 0.717) is 5.92 Å². The van der Waals surface area contributed by atoms with Crippen molar-refractivity contribution in [3.05, 3.63) is 38.4 Å². The Morgan fingerprint density at radius 2 is 2.26 bits per heavy atom. The highest BCUT2D eigenvalue weighted by atomic mass is 79.9. The smallest absolute Gasteiger partial charge is 0.144 e. The summed E-state index contributed by atoms with van der Waals surface area (Å²) in [7, 11) is 0. The molecule has 3 nitrogen and oxygen atoms in total. The maximum atomic E-state index is 4.76. The molecule has 1 N–H and O–H groups in total. The number of halogens is 1. The van der Waals surface area contributed by atoms with Crippen LogP contribution >= 0.6 is 27.3 Å². The van der Waals surface area contributed by atoms with E-state index >= 15 is 0 Å². The third-order valence-electron chi connectivity index (χ3n) is 3.14. The van der Waals surface area contributed by atoms with Crippen molar-refractivity contribution in [1.29, 1.82) is 0 Å². The Bertz CT molecular complexity index is 564. The Labute approximate surface area is 125 Å². The number of rotatable bonds is 5. The predicted molar refractivity (Wildman–Crippen MR) is 83.0 cm³/mol. The summed E-state index contributed by atoms with van der Waals surface area (Å²) in [6, 6.07) is 4.21. The minimum atomic E-state index is 0.622. The first-order chi connectivity index (χ1) is 9.28. The van der Waals surface area contributed by atoms with Gasteiger partial charge in [0.25, 0.3) is 0 Å². The van der Waals surface area contributed by atoms with Crippen molar-refractivity contribution in [3.8, 4) is 0 Å². The molecule has 0 spiro atoms. The summed E-state index contributed by atoms with van der Waals surface area (Å²) >= 11 is 5.41. The molecule has 1 fully saturated rings. The van der Waals surface area contributed by atoms with Gasteiger partial charge in [0.1, 0.15) is 11.6 Å². The number of aromatic nitrogens is 2. The van der Waals surface area contributed by atoms with E-state index in [4.69, 9.17) is 4.98 Å². The zero-order chi connectivity index (χ0) is 13.2. The molecule has 0 aliphatic heterocycles. The third kappa shape index (κ3) is 2.98. The van der Waals surface area contributed by atoms with Crippen LogP contribution in [-0.4, -0.2) is 16.5 Å². The van der Waals surface area contributed by atoms with E-state index in [9.17, 15) is 0 Å². The maximum Gasteiger partial charge on any atom is 0.144 e. The highest BCUT2D eigenvalue weighted by Crippen LogP contribution is 2.43. The van der Waals surface area contributed by atoms with Gasteiger partial charge in [0.05, 0.1) is 10.2 Å². The van der Waals surface area contributed by atoms with Crippen molar-refractivity contribution >= 4 is 33.1 Å². The lowest BCUT2D eigenvalue weighted by Crippen LogP contribution is -2.07. The molecule has 2 aromatic rings. The largest absolute Gasteiger partial charge is 0.369 e. The number of nitrogens with zero attached hydrogens (tertiary/aromatic N) is 2. The lowest BCUT2D eigenvalue weighted by molar-refractivity contribution is 0.893. The summed E-state index contributed by atoms with van der Waals surface area (Å²) in [4.78, 5) is 10.7. The van der Waals surface area contributed by atoms with Gasteiger partial charge >= 0.3 is 0 Å². The second-order valence-corrected chi connectivity index (χ2v) is 6.57. The van der Waals surface area contributed by atoms with Gasteiger partial charge in [0.15, 0.2) is 0 Å². The fourth-order valence-electron chi connectivity index (χ4n) is 2.07. The van der Waals surface area contributed by atoms with Crippen LogP contribution in [0, 0.1) is 0 Å². The Morgan fingerprint density at radius 1 is 1.42 bits per heavy atom. The Kier molecular flexibility index (Phi) is 3.84. The highest BCUT2D eigenvalue weighted by Gasteiger charge is 2.29. The van der Waals surface area contributed by atoms with Gasteiger partial charge in [-0.25, -0.2) is 9.97 Å². The normalized spacial score (nSPS) is 14.6. The molecule has 2 aromatic heterocycles. The zero-order valence-corrected chi connectivity index (χ0v) is 13.2. The number of hydrogen-bond donors (Lipinski definition) is 1. The number of nitrogens with one attached hydrogen (secondary N) is 1. The van der Waals surface area contributed by atoms with Crippen LogP contribution in [0.2, 0.25) is 0 Å². The summed E-state index contributed by atoms with van der Waals surface area (Å²) in [5, 5.41) is 5.42. The molecule has 0 amide bonds. The van der Waals surface area contributed by atoms with Gasteiger partial charge in [-0.15, -0.1) is 11.3 Å². The molecule has 1 saturated carbocycles. The molecule has 3 rings (SSSR count). The van der Waals surface area contributed by atoms with E-state index in [1.165, 1.54) is 23.4 Å². The van der Waals surface area contributed by atoms with Crippen LogP contribution in [0.5, 0.6) is 0 Å². The molecule has 1 aliphatic carbocycles. The summed E-state index contributed by atoms with van der Waals surface area (Å²) < 4.78 is 1.05. The topological polar surface area (TPSA) is 37.8 Å². The van der Waals surface area contributed by atoms with Gasteiger partial charge in [-0.1, -0.05) is 6.07 Å². The zero-order valence-electron chi connectivity index (χ0n) is 10.8. The molecule has 100 valence electrons. The first-order valence-corrected chi connectivity index (χ1v) is 8.27. The predicted octanol–water partition coefficient (Wildman–Crippen LogP) is 4.20. The Hall–Kier alpha value is -0.940. The molecule has 5 heteroatoms. The molecule has 0 aromatic carbocycles. The average molecular weight is 338 g/mol. The van der Waals surface area contributed by atoms with E-state index in [-0.39, 0.29) is 0 Å². The molecule has 19 heavy (non-hydrogen) atoms. The van der Waals surface area contributed by atoms with E-state index < -0.39 is 0 Å². The second-order valence-electron chi connectivity index (χ2n) is 4.75. The lowest BCUT2D eigenvalue weighted by Gasteiger charge is -2.11. The van der Waals surface area contributed by atoms with Gasteiger partial charge in [-0.05, 0) is 47.1 Å². The number of thiophene rings is 1. The van der Waals surface area contributed by atoms with Gasteiger partial charge in [-0.2, -0.15) is 0 Å². The van der Waals surface area contributed by atoms with Gasteiger partial charge in [0, 0.05) is 23.8 Å². The van der Waals surface area contributed by atoms with Crippen LogP contribution < -0.4 is 5.32 Å². The van der Waals surface area contributed by atoms with Crippen molar-refractivity contribution in [2.24, 2.45) is 0 Å². The van der Waals surface area contributed by atoms with Crippen LogP contribution in [0.1, 0.15) is 42.1 Å². The second kappa shape index (κ2) is 5.59. The van der Waals surface area contributed by atoms with E-state index in [0.717, 1.165) is 29.1 Å². The minimum absolute atomic E-state index is 0.622. The Balaban J connectivity index is 1.94. The summed E-state index contributed by atoms with van der Waals surface area (Å²) in [5.74, 6) is 2.48. The van der Waals surface area contributed by atoms with Crippen LogP contribution in [0.25, 0.3) is 0 Å². The fourth-order valence-corrected chi connectivity index (χ4v) is 3.42. The standard InChI is InChI=1S/C14H16BrN3S/c1-2-16-14-12(15)13(9-5-6-9)17-11(18-14)8-10-4-3-7-19-10/h3-4,7,9H,2,5-6,8H2,1H3,(H,16,17,18). The molecule has 2 heterocycles. The first-order valence-electron chi connectivity index (χ1n) is 6.60. The van der Waals surface area contributed by atoms with Crippen LogP contribution in [0.4, 0.5) is 5.82 Å². The molecule has 0 atom stereocenters. The average Bonchev–Trinajstić information content (AvgIpc) is 3.12. The van der Waals surface area contributed by atoms with Crippen LogP contribution in [0.3, 0.4) is 0 Å². The van der Waals surface area contributed by atoms with Crippen molar-refractivity contribution in [1.82, 2.24) is 9.97 Å². The fraction of sp³-hybridized carbons (Fsp3) is 0.429. The van der Waals surface area contributed by atoms with Crippen LogP contribution in [0.15, 0.2) is 22.0 Å². The van der Waals surface area contributed by atoms with Crippen molar-refractivity contribution in [3.63, 3.8) is 0 Å². The molecule has 0 bridgehead atoms. The maximum absolute atomic E-state index is 4.76. The summed E-state index contributed by atoms with van der Waals surface area (Å²) in [5.41, 5.74) is 1.18. The SMILES string of the molecule is CCNc1nc(Cc2cccs2)nc(C2CC2)c1Br. The monoisotopic (exact) mass is 337 g/mol. The third-order valence-corrected chi connectivity index (χ3v) is 4.80. The molecule has 0 saturated heterocycles. The number of hydrogen-bond acceptors (Lipinski definition) is 4. The Morgan fingerprint density at radius 3 is 2.89 bits per heavy atom. The van der Waals surface area contributed by atoms with Gasteiger partial charge in [0.2, 0.25) is 0 Å². The quantitative estimate of drug-likeness (QED) is 0.888. The summed E-state index contributed by atoms with van der Waals surface area (Å²) in [6.45, 7) is 2.96. The minimum Gasteiger partial charge on any atom is -0.369 e. The molecular weight excluding hydrogens is 322 g/mol. The van der Waals surface area contributed by atoms with Gasteiger partial charge in [-0.3, -0.25) is 0 Å². The summed E-state index contributed by atoms with van der Waals surface area (Å²) in [6.07, 6.45) is 3.32. The number of anilines is 1. The highest BCUT2D eigenvalue weighted by molar-refractivity contribution is 9.10. The van der Waals surface area contributed by atoms with E-state index in [2.05, 4.69) is 50.7 Å². The van der Waals surface area contributed by atoms with E-state index in [1.807, 2.05) is 0 Å². The van der Waals surface area contributed by atoms with Crippen molar-refractivity contribution in [2.75, 3.05) is 11.9 Å². The first kappa shape index (κ1) is 13.1. The van der Waals surface area contributed by atoms with Crippen LogP contribution in [-0.2, 0) is 6.42 Å². The molecular formula is C14H16BrN3S. The van der Waals surface area contributed by atoms with E-state index in [1.54, 1.807) is 11.3 Å². The molecule has 0 unspecified atom stereocenters. The lowest BCUT2D eigenvalue weighted by atomic mass is 10.2.